The van der Waals surface area contributed by atoms with E-state index in [9.17, 15) is 4.39 Å². The van der Waals surface area contributed by atoms with E-state index in [1.165, 1.54) is 6.07 Å². The van der Waals surface area contributed by atoms with Gasteiger partial charge in [-0.3, -0.25) is 0 Å². The Labute approximate surface area is 106 Å². The summed E-state index contributed by atoms with van der Waals surface area (Å²) in [6.07, 6.45) is 0. The number of nitrogens with one attached hydrogen (secondary N) is 1. The lowest BCUT2D eigenvalue weighted by Crippen LogP contribution is -2.11. The van der Waals surface area contributed by atoms with Crippen LogP contribution in [0.4, 0.5) is 4.39 Å². The molecule has 0 amide bonds. The minimum absolute atomic E-state index is 0.197. The van der Waals surface area contributed by atoms with E-state index in [0.717, 1.165) is 6.54 Å². The first-order valence-electron chi connectivity index (χ1n) is 5.19. The van der Waals surface area contributed by atoms with E-state index in [-0.39, 0.29) is 5.89 Å². The zero-order valence-corrected chi connectivity index (χ0v) is 10.8. The maximum atomic E-state index is 13.6. The molecule has 17 heavy (non-hydrogen) atoms. The average molecular weight is 300 g/mol. The molecule has 0 aliphatic carbocycles. The summed E-state index contributed by atoms with van der Waals surface area (Å²) in [5.74, 6) is 0.255. The molecule has 0 aliphatic heterocycles. The van der Waals surface area contributed by atoms with Crippen LogP contribution in [-0.4, -0.2) is 16.7 Å². The fourth-order valence-corrected chi connectivity index (χ4v) is 1.66. The molecule has 2 aromatic rings. The Kier molecular flexibility index (Phi) is 3.86. The second kappa shape index (κ2) is 5.37. The van der Waals surface area contributed by atoms with Crippen LogP contribution in [0.1, 0.15) is 12.8 Å². The molecule has 6 heteroatoms. The van der Waals surface area contributed by atoms with Crippen molar-refractivity contribution in [2.75, 3.05) is 6.54 Å². The van der Waals surface area contributed by atoms with E-state index in [2.05, 4.69) is 31.4 Å². The first-order chi connectivity index (χ1) is 8.20. The molecule has 0 spiro atoms. The van der Waals surface area contributed by atoms with Crippen molar-refractivity contribution >= 4 is 15.9 Å². The van der Waals surface area contributed by atoms with Gasteiger partial charge < -0.3 is 9.73 Å². The predicted molar refractivity (Wildman–Crippen MR) is 64.8 cm³/mol. The fourth-order valence-electron chi connectivity index (χ4n) is 1.33. The summed E-state index contributed by atoms with van der Waals surface area (Å²) in [4.78, 5) is 0. The molecule has 0 atom stereocenters. The highest BCUT2D eigenvalue weighted by Gasteiger charge is 2.12. The molecule has 0 radical (unpaired) electrons. The first-order valence-corrected chi connectivity index (χ1v) is 5.98. The summed E-state index contributed by atoms with van der Waals surface area (Å²) in [6, 6.07) is 4.69. The van der Waals surface area contributed by atoms with Crippen molar-refractivity contribution in [3.05, 3.63) is 34.4 Å². The predicted octanol–water partition coefficient (Wildman–Crippen LogP) is 2.75. The highest BCUT2D eigenvalue weighted by Crippen LogP contribution is 2.24. The molecule has 4 nitrogen and oxygen atoms in total. The molecule has 0 unspecified atom stereocenters. The Morgan fingerprint density at radius 2 is 2.24 bits per heavy atom. The van der Waals surface area contributed by atoms with Crippen LogP contribution in [0.5, 0.6) is 0 Å². The van der Waals surface area contributed by atoms with Crippen molar-refractivity contribution < 1.29 is 8.81 Å². The van der Waals surface area contributed by atoms with Gasteiger partial charge in [-0.15, -0.1) is 10.2 Å². The van der Waals surface area contributed by atoms with Gasteiger partial charge in [0.05, 0.1) is 12.1 Å². The van der Waals surface area contributed by atoms with Crippen LogP contribution in [0.15, 0.2) is 27.1 Å². The van der Waals surface area contributed by atoms with Gasteiger partial charge in [0, 0.05) is 4.47 Å². The molecule has 0 fully saturated rings. The van der Waals surface area contributed by atoms with Crippen molar-refractivity contribution in [3.8, 4) is 11.5 Å². The van der Waals surface area contributed by atoms with Crippen molar-refractivity contribution in [2.24, 2.45) is 0 Å². The van der Waals surface area contributed by atoms with Crippen molar-refractivity contribution in [1.82, 2.24) is 15.5 Å². The largest absolute Gasteiger partial charge is 0.419 e. The third-order valence-electron chi connectivity index (χ3n) is 2.15. The molecule has 2 rings (SSSR count). The lowest BCUT2D eigenvalue weighted by molar-refractivity contribution is 0.479. The Morgan fingerprint density at radius 1 is 1.41 bits per heavy atom. The fraction of sp³-hybridized carbons (Fsp3) is 0.273. The van der Waals surface area contributed by atoms with Crippen LogP contribution in [0.25, 0.3) is 11.5 Å². The second-order valence-corrected chi connectivity index (χ2v) is 4.32. The molecule has 1 heterocycles. The molecule has 0 saturated carbocycles. The quantitative estimate of drug-likeness (QED) is 0.943. The minimum atomic E-state index is -0.391. The van der Waals surface area contributed by atoms with Crippen LogP contribution >= 0.6 is 15.9 Å². The van der Waals surface area contributed by atoms with Gasteiger partial charge in [0.25, 0.3) is 5.89 Å². The van der Waals surface area contributed by atoms with E-state index in [1.807, 2.05) is 6.92 Å². The summed E-state index contributed by atoms with van der Waals surface area (Å²) in [6.45, 7) is 3.28. The van der Waals surface area contributed by atoms with Gasteiger partial charge in [-0.2, -0.15) is 0 Å². The molecule has 0 bridgehead atoms. The minimum Gasteiger partial charge on any atom is -0.419 e. The SMILES string of the molecule is CCNCc1nnc(-c2ccc(Br)cc2F)o1. The van der Waals surface area contributed by atoms with Crippen LogP contribution in [0, 0.1) is 5.82 Å². The lowest BCUT2D eigenvalue weighted by atomic mass is 10.2. The third-order valence-corrected chi connectivity index (χ3v) is 2.65. The number of hydrogen-bond acceptors (Lipinski definition) is 4. The molecule has 0 saturated heterocycles. The summed E-state index contributed by atoms with van der Waals surface area (Å²) < 4.78 is 19.6. The zero-order chi connectivity index (χ0) is 12.3. The van der Waals surface area contributed by atoms with Crippen LogP contribution in [-0.2, 0) is 6.54 Å². The standard InChI is InChI=1S/C11H11BrFN3O/c1-2-14-6-10-15-16-11(17-10)8-4-3-7(12)5-9(8)13/h3-5,14H,2,6H2,1H3. The van der Waals surface area contributed by atoms with Gasteiger partial charge in [0.2, 0.25) is 5.89 Å². The smallest absolute Gasteiger partial charge is 0.250 e. The topological polar surface area (TPSA) is 51.0 Å². The Morgan fingerprint density at radius 3 is 2.94 bits per heavy atom. The van der Waals surface area contributed by atoms with E-state index in [0.29, 0.717) is 22.5 Å². The Hall–Kier alpha value is -1.27. The maximum Gasteiger partial charge on any atom is 0.250 e. The highest BCUT2D eigenvalue weighted by atomic mass is 79.9. The van der Waals surface area contributed by atoms with Gasteiger partial charge in [-0.25, -0.2) is 4.39 Å². The van der Waals surface area contributed by atoms with Crippen molar-refractivity contribution in [2.45, 2.75) is 13.5 Å². The van der Waals surface area contributed by atoms with Crippen LogP contribution in [0.3, 0.4) is 0 Å². The normalized spacial score (nSPS) is 10.8. The number of nitrogens with zero attached hydrogens (tertiary/aromatic N) is 2. The highest BCUT2D eigenvalue weighted by molar-refractivity contribution is 9.10. The van der Waals surface area contributed by atoms with Crippen molar-refractivity contribution in [3.63, 3.8) is 0 Å². The molecule has 90 valence electrons. The van der Waals surface area contributed by atoms with Gasteiger partial charge in [-0.05, 0) is 24.7 Å². The van der Waals surface area contributed by atoms with Crippen molar-refractivity contribution in [1.29, 1.82) is 0 Å². The van der Waals surface area contributed by atoms with E-state index in [4.69, 9.17) is 4.42 Å². The van der Waals surface area contributed by atoms with Gasteiger partial charge in [-0.1, -0.05) is 22.9 Å². The monoisotopic (exact) mass is 299 g/mol. The second-order valence-electron chi connectivity index (χ2n) is 3.41. The van der Waals surface area contributed by atoms with Crippen LogP contribution in [0.2, 0.25) is 0 Å². The van der Waals surface area contributed by atoms with E-state index in [1.54, 1.807) is 12.1 Å². The number of aromatic nitrogens is 2. The van der Waals surface area contributed by atoms with Gasteiger partial charge in [0.15, 0.2) is 0 Å². The summed E-state index contributed by atoms with van der Waals surface area (Å²) >= 11 is 3.19. The number of hydrogen-bond donors (Lipinski definition) is 1. The molecule has 1 aromatic heterocycles. The maximum absolute atomic E-state index is 13.6. The van der Waals surface area contributed by atoms with Crippen LogP contribution < -0.4 is 5.32 Å². The number of benzene rings is 1. The molecule has 1 aromatic carbocycles. The summed E-state index contributed by atoms with van der Waals surface area (Å²) in [7, 11) is 0. The summed E-state index contributed by atoms with van der Waals surface area (Å²) in [5.41, 5.74) is 0.309. The third kappa shape index (κ3) is 2.89. The number of rotatable bonds is 4. The first kappa shape index (κ1) is 12.2. The van der Waals surface area contributed by atoms with E-state index >= 15 is 0 Å². The Balaban J connectivity index is 2.24. The van der Waals surface area contributed by atoms with Gasteiger partial charge in [0.1, 0.15) is 5.82 Å². The average Bonchev–Trinajstić information content (AvgIpc) is 2.75. The lowest BCUT2D eigenvalue weighted by Gasteiger charge is -1.98. The number of halogens is 2. The Bertz CT molecular complexity index is 515. The molecule has 1 N–H and O–H groups in total. The zero-order valence-electron chi connectivity index (χ0n) is 9.20. The summed E-state index contributed by atoms with van der Waals surface area (Å²) in [5, 5.41) is 10.7. The molecule has 0 aliphatic rings. The molecular weight excluding hydrogens is 289 g/mol. The molecular formula is C11H11BrFN3O. The van der Waals surface area contributed by atoms with Gasteiger partial charge >= 0.3 is 0 Å². The van der Waals surface area contributed by atoms with E-state index < -0.39 is 5.82 Å².